The van der Waals surface area contributed by atoms with E-state index in [-0.39, 0.29) is 5.82 Å². The summed E-state index contributed by atoms with van der Waals surface area (Å²) < 4.78 is 13.2. The SMILES string of the molecule is CN(Cc1cccc(F)c1)CC1Cc2ccccc2N1. The second-order valence-electron chi connectivity index (χ2n) is 5.53. The number of anilines is 1. The second kappa shape index (κ2) is 5.63. The minimum absolute atomic E-state index is 0.165. The summed E-state index contributed by atoms with van der Waals surface area (Å²) in [5.41, 5.74) is 3.65. The fourth-order valence-corrected chi connectivity index (χ4v) is 2.87. The highest BCUT2D eigenvalue weighted by Crippen LogP contribution is 2.25. The molecule has 0 aliphatic carbocycles. The number of halogens is 1. The second-order valence-corrected chi connectivity index (χ2v) is 5.53. The van der Waals surface area contributed by atoms with Crippen LogP contribution in [0.25, 0.3) is 0 Å². The van der Waals surface area contributed by atoms with E-state index in [1.165, 1.54) is 17.3 Å². The van der Waals surface area contributed by atoms with Crippen molar-refractivity contribution in [1.82, 2.24) is 4.90 Å². The molecule has 0 saturated carbocycles. The molecule has 0 saturated heterocycles. The molecule has 0 fully saturated rings. The highest BCUT2D eigenvalue weighted by atomic mass is 19.1. The van der Waals surface area contributed by atoms with Gasteiger partial charge in [-0.1, -0.05) is 30.3 Å². The van der Waals surface area contributed by atoms with E-state index in [2.05, 4.69) is 41.5 Å². The van der Waals surface area contributed by atoms with Crippen LogP contribution in [0.15, 0.2) is 48.5 Å². The first-order valence-electron chi connectivity index (χ1n) is 6.98. The van der Waals surface area contributed by atoms with Crippen molar-refractivity contribution in [2.75, 3.05) is 18.9 Å². The van der Waals surface area contributed by atoms with Crippen molar-refractivity contribution in [3.8, 4) is 0 Å². The van der Waals surface area contributed by atoms with Crippen LogP contribution in [0.4, 0.5) is 10.1 Å². The molecule has 104 valence electrons. The van der Waals surface area contributed by atoms with Gasteiger partial charge in [0, 0.05) is 24.8 Å². The van der Waals surface area contributed by atoms with Gasteiger partial charge in [-0.2, -0.15) is 0 Å². The number of para-hydroxylation sites is 1. The first kappa shape index (κ1) is 13.1. The van der Waals surface area contributed by atoms with Gasteiger partial charge in [0.15, 0.2) is 0 Å². The fourth-order valence-electron chi connectivity index (χ4n) is 2.87. The Labute approximate surface area is 119 Å². The van der Waals surface area contributed by atoms with Crippen LogP contribution in [0, 0.1) is 5.82 Å². The van der Waals surface area contributed by atoms with Gasteiger partial charge in [0.05, 0.1) is 0 Å². The van der Waals surface area contributed by atoms with Crippen molar-refractivity contribution in [3.05, 3.63) is 65.5 Å². The lowest BCUT2D eigenvalue weighted by Gasteiger charge is -2.21. The summed E-state index contributed by atoms with van der Waals surface area (Å²) in [4.78, 5) is 2.23. The van der Waals surface area contributed by atoms with Gasteiger partial charge < -0.3 is 10.2 Å². The van der Waals surface area contributed by atoms with Crippen LogP contribution in [0.1, 0.15) is 11.1 Å². The number of hydrogen-bond donors (Lipinski definition) is 1. The van der Waals surface area contributed by atoms with Crippen LogP contribution in [0.5, 0.6) is 0 Å². The van der Waals surface area contributed by atoms with Crippen molar-refractivity contribution < 1.29 is 4.39 Å². The van der Waals surface area contributed by atoms with Gasteiger partial charge in [0.25, 0.3) is 0 Å². The van der Waals surface area contributed by atoms with Gasteiger partial charge in [0.1, 0.15) is 5.82 Å². The van der Waals surface area contributed by atoms with Crippen molar-refractivity contribution in [2.24, 2.45) is 0 Å². The van der Waals surface area contributed by atoms with E-state index in [1.807, 2.05) is 6.07 Å². The fraction of sp³-hybridized carbons (Fsp3) is 0.294. The zero-order chi connectivity index (χ0) is 13.9. The Morgan fingerprint density at radius 2 is 2.05 bits per heavy atom. The Hall–Kier alpha value is -1.87. The zero-order valence-electron chi connectivity index (χ0n) is 11.6. The van der Waals surface area contributed by atoms with Gasteiger partial charge >= 0.3 is 0 Å². The number of likely N-dealkylation sites (N-methyl/N-ethyl adjacent to an activating group) is 1. The molecular formula is C17H19FN2. The molecule has 0 bridgehead atoms. The maximum absolute atomic E-state index is 13.2. The molecule has 1 unspecified atom stereocenters. The molecule has 0 spiro atoms. The third-order valence-corrected chi connectivity index (χ3v) is 3.72. The minimum atomic E-state index is -0.165. The predicted molar refractivity (Wildman–Crippen MR) is 80.3 cm³/mol. The summed E-state index contributed by atoms with van der Waals surface area (Å²) in [5.74, 6) is -0.165. The molecule has 2 nitrogen and oxygen atoms in total. The number of benzene rings is 2. The Bertz CT molecular complexity index is 572. The highest BCUT2D eigenvalue weighted by Gasteiger charge is 2.20. The number of fused-ring (bicyclic) bond motifs is 1. The summed E-state index contributed by atoms with van der Waals surface area (Å²) >= 11 is 0. The molecule has 2 aromatic rings. The van der Waals surface area contributed by atoms with Crippen LogP contribution in [0.3, 0.4) is 0 Å². The third kappa shape index (κ3) is 2.99. The van der Waals surface area contributed by atoms with Crippen molar-refractivity contribution >= 4 is 5.69 Å². The topological polar surface area (TPSA) is 15.3 Å². The number of nitrogens with zero attached hydrogens (tertiary/aromatic N) is 1. The molecule has 3 rings (SSSR count). The molecule has 1 aliphatic heterocycles. The van der Waals surface area contributed by atoms with Crippen molar-refractivity contribution in [1.29, 1.82) is 0 Å². The smallest absolute Gasteiger partial charge is 0.123 e. The molecule has 0 aromatic heterocycles. The molecule has 1 aliphatic rings. The van der Waals surface area contributed by atoms with E-state index in [0.29, 0.717) is 6.04 Å². The van der Waals surface area contributed by atoms with E-state index in [1.54, 1.807) is 12.1 Å². The molecule has 3 heteroatoms. The Balaban J connectivity index is 1.57. The predicted octanol–water partition coefficient (Wildman–Crippen LogP) is 3.29. The maximum atomic E-state index is 13.2. The van der Waals surface area contributed by atoms with Crippen LogP contribution >= 0.6 is 0 Å². The van der Waals surface area contributed by atoms with Gasteiger partial charge in [-0.15, -0.1) is 0 Å². The lowest BCUT2D eigenvalue weighted by Crippen LogP contribution is -2.32. The van der Waals surface area contributed by atoms with E-state index in [9.17, 15) is 4.39 Å². The summed E-state index contributed by atoms with van der Waals surface area (Å²) in [5, 5.41) is 3.55. The Morgan fingerprint density at radius 1 is 1.20 bits per heavy atom. The van der Waals surface area contributed by atoms with Crippen molar-refractivity contribution in [3.63, 3.8) is 0 Å². The number of rotatable bonds is 4. The lowest BCUT2D eigenvalue weighted by molar-refractivity contribution is 0.312. The van der Waals surface area contributed by atoms with E-state index < -0.39 is 0 Å². The minimum Gasteiger partial charge on any atom is -0.380 e. The lowest BCUT2D eigenvalue weighted by atomic mass is 10.1. The monoisotopic (exact) mass is 270 g/mol. The molecule has 1 heterocycles. The molecule has 1 N–H and O–H groups in total. The maximum Gasteiger partial charge on any atom is 0.123 e. The zero-order valence-corrected chi connectivity index (χ0v) is 11.6. The number of nitrogens with one attached hydrogen (secondary N) is 1. The summed E-state index contributed by atoms with van der Waals surface area (Å²) in [6.45, 7) is 1.72. The van der Waals surface area contributed by atoms with Gasteiger partial charge in [-0.3, -0.25) is 0 Å². The van der Waals surface area contributed by atoms with Crippen LogP contribution in [-0.4, -0.2) is 24.5 Å². The van der Waals surface area contributed by atoms with Crippen molar-refractivity contribution in [2.45, 2.75) is 19.0 Å². The first-order valence-corrected chi connectivity index (χ1v) is 6.98. The normalized spacial score (nSPS) is 17.1. The molecule has 0 amide bonds. The van der Waals surface area contributed by atoms with Crippen LogP contribution < -0.4 is 5.32 Å². The molecular weight excluding hydrogens is 251 g/mol. The van der Waals surface area contributed by atoms with Crippen LogP contribution in [0.2, 0.25) is 0 Å². The highest BCUT2D eigenvalue weighted by molar-refractivity contribution is 5.56. The number of hydrogen-bond acceptors (Lipinski definition) is 2. The third-order valence-electron chi connectivity index (χ3n) is 3.72. The average Bonchev–Trinajstić information content (AvgIpc) is 2.80. The summed E-state index contributed by atoms with van der Waals surface area (Å²) in [7, 11) is 2.08. The van der Waals surface area contributed by atoms with Gasteiger partial charge in [0.2, 0.25) is 0 Å². The van der Waals surface area contributed by atoms with E-state index >= 15 is 0 Å². The Morgan fingerprint density at radius 3 is 2.85 bits per heavy atom. The summed E-state index contributed by atoms with van der Waals surface area (Å²) in [6.07, 6.45) is 1.06. The molecule has 0 radical (unpaired) electrons. The largest absolute Gasteiger partial charge is 0.380 e. The quantitative estimate of drug-likeness (QED) is 0.917. The van der Waals surface area contributed by atoms with Crippen LogP contribution in [-0.2, 0) is 13.0 Å². The van der Waals surface area contributed by atoms with Gasteiger partial charge in [-0.25, -0.2) is 4.39 Å². The first-order chi connectivity index (χ1) is 9.70. The summed E-state index contributed by atoms with van der Waals surface area (Å²) in [6, 6.07) is 15.7. The van der Waals surface area contributed by atoms with Gasteiger partial charge in [-0.05, 0) is 42.8 Å². The average molecular weight is 270 g/mol. The molecule has 20 heavy (non-hydrogen) atoms. The standard InChI is InChI=1S/C17H19FN2/c1-20(11-13-5-4-7-15(18)9-13)12-16-10-14-6-2-3-8-17(14)19-16/h2-9,16,19H,10-12H2,1H3. The Kier molecular flexibility index (Phi) is 3.70. The van der Waals surface area contributed by atoms with E-state index in [4.69, 9.17) is 0 Å². The van der Waals surface area contributed by atoms with E-state index in [0.717, 1.165) is 25.1 Å². The molecule has 2 aromatic carbocycles. The molecule has 1 atom stereocenters.